The molecule has 0 aromatic rings. The third-order valence-electron chi connectivity index (χ3n) is 6.79. The van der Waals surface area contributed by atoms with E-state index in [1.54, 1.807) is 0 Å². The second-order valence-electron chi connectivity index (χ2n) is 8.68. The fraction of sp³-hybridized carbons (Fsp3) is 0.895. The number of hydrogen-bond acceptors (Lipinski definition) is 2. The van der Waals surface area contributed by atoms with Crippen molar-refractivity contribution in [2.75, 3.05) is 13.2 Å². The molecule has 0 N–H and O–H groups in total. The van der Waals surface area contributed by atoms with Crippen molar-refractivity contribution in [3.63, 3.8) is 0 Å². The summed E-state index contributed by atoms with van der Waals surface area (Å²) in [5.74, 6) is 0.957. The lowest BCUT2D eigenvalue weighted by atomic mass is 9.47. The molecule has 0 bridgehead atoms. The van der Waals surface area contributed by atoms with E-state index in [-0.39, 0.29) is 5.79 Å². The Morgan fingerprint density at radius 2 is 1.76 bits per heavy atom. The molecule has 1 heterocycles. The van der Waals surface area contributed by atoms with Crippen LogP contribution in [0.4, 0.5) is 0 Å². The number of fused-ring (bicyclic) bond motifs is 1. The minimum Gasteiger partial charge on any atom is -0.348 e. The molecule has 3 fully saturated rings. The zero-order valence-corrected chi connectivity index (χ0v) is 14.3. The Morgan fingerprint density at radius 3 is 2.43 bits per heavy atom. The maximum Gasteiger partial charge on any atom is 0.166 e. The lowest BCUT2D eigenvalue weighted by Crippen LogP contribution is -2.51. The van der Waals surface area contributed by atoms with Crippen LogP contribution in [0, 0.1) is 22.7 Å². The average Bonchev–Trinajstić information content (AvgIpc) is 2.80. The van der Waals surface area contributed by atoms with Crippen LogP contribution in [0.1, 0.15) is 66.2 Å². The summed E-state index contributed by atoms with van der Waals surface area (Å²) in [6.07, 6.45) is 7.54. The SMILES string of the molecule is C=C1CC[C@H]2C(C)(C)CCC[C@]2(C)[C@H]1CC1(C)OCCO1. The third kappa shape index (κ3) is 2.59. The molecule has 0 aromatic carbocycles. The van der Waals surface area contributed by atoms with Gasteiger partial charge in [0.25, 0.3) is 0 Å². The lowest BCUT2D eigenvalue weighted by molar-refractivity contribution is -0.172. The summed E-state index contributed by atoms with van der Waals surface area (Å²) in [5.41, 5.74) is 2.27. The molecule has 120 valence electrons. The summed E-state index contributed by atoms with van der Waals surface area (Å²) in [5, 5.41) is 0. The first kappa shape index (κ1) is 15.6. The zero-order chi connectivity index (χ0) is 15.3. The molecule has 0 aromatic heterocycles. The second kappa shape index (κ2) is 5.09. The van der Waals surface area contributed by atoms with E-state index in [0.717, 1.165) is 25.6 Å². The Labute approximate surface area is 130 Å². The molecule has 2 heteroatoms. The van der Waals surface area contributed by atoms with Gasteiger partial charge >= 0.3 is 0 Å². The van der Waals surface area contributed by atoms with Crippen molar-refractivity contribution < 1.29 is 9.47 Å². The van der Waals surface area contributed by atoms with Crippen molar-refractivity contribution in [2.45, 2.75) is 72.0 Å². The van der Waals surface area contributed by atoms with Crippen LogP contribution in [-0.4, -0.2) is 19.0 Å². The normalized spacial score (nSPS) is 41.8. The van der Waals surface area contributed by atoms with Crippen LogP contribution < -0.4 is 0 Å². The first-order valence-electron chi connectivity index (χ1n) is 8.72. The van der Waals surface area contributed by atoms with Crippen LogP contribution in [0.2, 0.25) is 0 Å². The minimum atomic E-state index is -0.389. The Hall–Kier alpha value is -0.340. The molecule has 2 aliphatic carbocycles. The Kier molecular flexibility index (Phi) is 3.77. The number of rotatable bonds is 2. The van der Waals surface area contributed by atoms with Gasteiger partial charge in [-0.15, -0.1) is 0 Å². The van der Waals surface area contributed by atoms with Crippen LogP contribution in [0.5, 0.6) is 0 Å². The number of ether oxygens (including phenoxy) is 2. The van der Waals surface area contributed by atoms with Gasteiger partial charge in [-0.25, -0.2) is 0 Å². The molecule has 3 aliphatic rings. The topological polar surface area (TPSA) is 18.5 Å². The summed E-state index contributed by atoms with van der Waals surface area (Å²) in [6, 6.07) is 0. The molecule has 0 amide bonds. The molecule has 1 saturated heterocycles. The van der Waals surface area contributed by atoms with Gasteiger partial charge in [-0.1, -0.05) is 39.3 Å². The molecule has 3 atom stereocenters. The Morgan fingerprint density at radius 1 is 1.10 bits per heavy atom. The van der Waals surface area contributed by atoms with Crippen LogP contribution in [0.15, 0.2) is 12.2 Å². The summed E-state index contributed by atoms with van der Waals surface area (Å²) in [4.78, 5) is 0. The summed E-state index contributed by atoms with van der Waals surface area (Å²) >= 11 is 0. The van der Waals surface area contributed by atoms with Gasteiger partial charge in [-0.2, -0.15) is 0 Å². The van der Waals surface area contributed by atoms with Crippen molar-refractivity contribution in [1.82, 2.24) is 0 Å². The largest absolute Gasteiger partial charge is 0.348 e. The highest BCUT2D eigenvalue weighted by atomic mass is 16.7. The lowest BCUT2D eigenvalue weighted by Gasteiger charge is -2.58. The van der Waals surface area contributed by atoms with E-state index in [0.29, 0.717) is 16.7 Å². The van der Waals surface area contributed by atoms with E-state index in [4.69, 9.17) is 9.47 Å². The van der Waals surface area contributed by atoms with Crippen LogP contribution >= 0.6 is 0 Å². The molecular weight excluding hydrogens is 260 g/mol. The molecule has 0 radical (unpaired) electrons. The van der Waals surface area contributed by atoms with Crippen molar-refractivity contribution in [3.05, 3.63) is 12.2 Å². The van der Waals surface area contributed by atoms with Crippen LogP contribution in [-0.2, 0) is 9.47 Å². The first-order valence-corrected chi connectivity index (χ1v) is 8.72. The van der Waals surface area contributed by atoms with Gasteiger partial charge in [0.2, 0.25) is 0 Å². The van der Waals surface area contributed by atoms with E-state index in [2.05, 4.69) is 34.3 Å². The molecule has 21 heavy (non-hydrogen) atoms. The van der Waals surface area contributed by atoms with Gasteiger partial charge in [-0.05, 0) is 55.3 Å². The van der Waals surface area contributed by atoms with Gasteiger partial charge < -0.3 is 9.47 Å². The number of hydrogen-bond donors (Lipinski definition) is 0. The van der Waals surface area contributed by atoms with Crippen LogP contribution in [0.3, 0.4) is 0 Å². The van der Waals surface area contributed by atoms with Crippen LogP contribution in [0.25, 0.3) is 0 Å². The average molecular weight is 292 g/mol. The molecular formula is C19H32O2. The standard InChI is InChI=1S/C19H32O2/c1-14-7-8-16-17(2,3)9-6-10-18(16,4)15(14)13-19(5)20-11-12-21-19/h15-16H,1,6-13H2,2-5H3/t15-,16-,18+/m0/s1. The van der Waals surface area contributed by atoms with E-state index in [1.165, 1.54) is 37.7 Å². The number of allylic oxidation sites excluding steroid dienone is 1. The summed E-state index contributed by atoms with van der Waals surface area (Å²) < 4.78 is 11.8. The zero-order valence-electron chi connectivity index (χ0n) is 14.3. The van der Waals surface area contributed by atoms with E-state index < -0.39 is 0 Å². The molecule has 0 spiro atoms. The van der Waals surface area contributed by atoms with Gasteiger partial charge in [0, 0.05) is 6.42 Å². The Bertz CT molecular complexity index is 419. The van der Waals surface area contributed by atoms with Crippen molar-refractivity contribution >= 4 is 0 Å². The smallest absolute Gasteiger partial charge is 0.166 e. The van der Waals surface area contributed by atoms with E-state index in [1.807, 2.05) is 0 Å². The molecule has 1 aliphatic heterocycles. The van der Waals surface area contributed by atoms with Crippen molar-refractivity contribution in [2.24, 2.45) is 22.7 Å². The van der Waals surface area contributed by atoms with E-state index in [9.17, 15) is 0 Å². The van der Waals surface area contributed by atoms with Crippen molar-refractivity contribution in [1.29, 1.82) is 0 Å². The molecule has 3 rings (SSSR count). The predicted molar refractivity (Wildman–Crippen MR) is 86.0 cm³/mol. The fourth-order valence-electron chi connectivity index (χ4n) is 5.70. The first-order chi connectivity index (χ1) is 9.77. The summed E-state index contributed by atoms with van der Waals surface area (Å²) in [6.45, 7) is 15.5. The molecule has 2 nitrogen and oxygen atoms in total. The van der Waals surface area contributed by atoms with Gasteiger partial charge in [-0.3, -0.25) is 0 Å². The highest BCUT2D eigenvalue weighted by Crippen LogP contribution is 2.62. The Balaban J connectivity index is 1.88. The third-order valence-corrected chi connectivity index (χ3v) is 6.79. The van der Waals surface area contributed by atoms with Gasteiger partial charge in [0.15, 0.2) is 5.79 Å². The van der Waals surface area contributed by atoms with Crippen molar-refractivity contribution in [3.8, 4) is 0 Å². The fourth-order valence-corrected chi connectivity index (χ4v) is 5.70. The predicted octanol–water partition coefficient (Wildman–Crippen LogP) is 4.94. The highest BCUT2D eigenvalue weighted by Gasteiger charge is 2.54. The van der Waals surface area contributed by atoms with Gasteiger partial charge in [0.05, 0.1) is 13.2 Å². The maximum atomic E-state index is 5.90. The maximum absolute atomic E-state index is 5.90. The monoisotopic (exact) mass is 292 g/mol. The second-order valence-corrected chi connectivity index (χ2v) is 8.68. The molecule has 0 unspecified atom stereocenters. The minimum absolute atomic E-state index is 0.370. The quantitative estimate of drug-likeness (QED) is 0.671. The highest BCUT2D eigenvalue weighted by molar-refractivity contribution is 5.16. The molecule has 2 saturated carbocycles. The van der Waals surface area contributed by atoms with E-state index >= 15 is 0 Å². The summed E-state index contributed by atoms with van der Waals surface area (Å²) in [7, 11) is 0. The van der Waals surface area contributed by atoms with Gasteiger partial charge in [0.1, 0.15) is 0 Å².